The van der Waals surface area contributed by atoms with Crippen molar-refractivity contribution in [2.75, 3.05) is 13.6 Å². The van der Waals surface area contributed by atoms with Crippen LogP contribution in [0.2, 0.25) is 0 Å². The number of likely N-dealkylation sites (N-methyl/N-ethyl adjacent to an activating group) is 1. The van der Waals surface area contributed by atoms with Crippen molar-refractivity contribution in [1.29, 1.82) is 0 Å². The molecule has 0 unspecified atom stereocenters. The van der Waals surface area contributed by atoms with Gasteiger partial charge in [0.15, 0.2) is 5.78 Å². The smallest absolute Gasteiger partial charge is 0.164 e. The largest absolute Gasteiger partial charge is 0.376 e. The molecule has 0 aromatic carbocycles. The molecule has 1 rings (SSSR count). The lowest BCUT2D eigenvalue weighted by molar-refractivity contribution is -0.115. The second-order valence-corrected chi connectivity index (χ2v) is 3.10. The van der Waals surface area contributed by atoms with Crippen LogP contribution in [0.3, 0.4) is 0 Å². The average molecular weight is 165 g/mol. The summed E-state index contributed by atoms with van der Waals surface area (Å²) >= 11 is 0. The van der Waals surface area contributed by atoms with Gasteiger partial charge in [-0.3, -0.25) is 4.79 Å². The summed E-state index contributed by atoms with van der Waals surface area (Å²) in [6.45, 7) is 2.93. The van der Waals surface area contributed by atoms with Gasteiger partial charge in [0.2, 0.25) is 0 Å². The number of hydrogen-bond donors (Lipinski definition) is 0. The van der Waals surface area contributed by atoms with Crippen molar-refractivity contribution in [2.45, 2.75) is 19.8 Å². The van der Waals surface area contributed by atoms with Gasteiger partial charge in [-0.25, -0.2) is 0 Å². The van der Waals surface area contributed by atoms with Crippen LogP contribution in [0.25, 0.3) is 0 Å². The van der Waals surface area contributed by atoms with E-state index in [1.807, 2.05) is 37.2 Å². The van der Waals surface area contributed by atoms with Gasteiger partial charge < -0.3 is 4.90 Å². The Morgan fingerprint density at radius 1 is 1.67 bits per heavy atom. The van der Waals surface area contributed by atoms with E-state index in [1.54, 1.807) is 0 Å². The van der Waals surface area contributed by atoms with Crippen molar-refractivity contribution in [3.05, 3.63) is 23.9 Å². The predicted octanol–water partition coefficient (Wildman–Crippen LogP) is 1.74. The molecule has 0 N–H and O–H groups in total. The number of carbonyl (C=O) groups is 1. The first kappa shape index (κ1) is 9.04. The van der Waals surface area contributed by atoms with Crippen LogP contribution in [0.1, 0.15) is 19.8 Å². The average Bonchev–Trinajstić information content (AvgIpc) is 2.05. The molecular formula is C10H15NO. The van der Waals surface area contributed by atoms with Crippen LogP contribution in [0.15, 0.2) is 23.9 Å². The molecule has 0 saturated heterocycles. The molecule has 0 radical (unpaired) electrons. The Morgan fingerprint density at radius 3 is 3.00 bits per heavy atom. The standard InChI is InChI=1S/C10H15NO/c1-3-5-10(12)9-6-4-7-11(2)8-9/h4,6,8H,3,5,7H2,1-2H3. The zero-order chi connectivity index (χ0) is 8.97. The summed E-state index contributed by atoms with van der Waals surface area (Å²) in [5.74, 6) is 0.250. The molecule has 0 aromatic heterocycles. The number of Topliss-reactive ketones (excluding diaryl/α,β-unsaturated/α-hetero) is 1. The first-order valence-electron chi connectivity index (χ1n) is 4.36. The highest BCUT2D eigenvalue weighted by Crippen LogP contribution is 2.09. The van der Waals surface area contributed by atoms with Crippen molar-refractivity contribution in [2.24, 2.45) is 0 Å². The van der Waals surface area contributed by atoms with Gasteiger partial charge in [0, 0.05) is 31.8 Å². The normalized spacial score (nSPS) is 16.2. The van der Waals surface area contributed by atoms with Crippen LogP contribution in [0.4, 0.5) is 0 Å². The number of ketones is 1. The second kappa shape index (κ2) is 4.10. The van der Waals surface area contributed by atoms with Crippen molar-refractivity contribution >= 4 is 5.78 Å². The van der Waals surface area contributed by atoms with Crippen LogP contribution in [0, 0.1) is 0 Å². The number of allylic oxidation sites excluding steroid dienone is 2. The molecule has 2 nitrogen and oxygen atoms in total. The van der Waals surface area contributed by atoms with E-state index in [0.717, 1.165) is 18.5 Å². The van der Waals surface area contributed by atoms with Crippen molar-refractivity contribution in [3.63, 3.8) is 0 Å². The van der Waals surface area contributed by atoms with Gasteiger partial charge in [0.1, 0.15) is 0 Å². The maximum Gasteiger partial charge on any atom is 0.164 e. The zero-order valence-electron chi connectivity index (χ0n) is 7.71. The summed E-state index contributed by atoms with van der Waals surface area (Å²) in [6, 6.07) is 0. The summed E-state index contributed by atoms with van der Waals surface area (Å²) in [4.78, 5) is 13.4. The lowest BCUT2D eigenvalue weighted by Gasteiger charge is -2.16. The highest BCUT2D eigenvalue weighted by atomic mass is 16.1. The lowest BCUT2D eigenvalue weighted by atomic mass is 10.1. The third-order valence-electron chi connectivity index (χ3n) is 1.85. The minimum atomic E-state index is 0.250. The fourth-order valence-corrected chi connectivity index (χ4v) is 1.22. The second-order valence-electron chi connectivity index (χ2n) is 3.10. The number of nitrogens with zero attached hydrogens (tertiary/aromatic N) is 1. The first-order chi connectivity index (χ1) is 5.74. The fraction of sp³-hybridized carbons (Fsp3) is 0.500. The number of hydrogen-bond acceptors (Lipinski definition) is 2. The minimum absolute atomic E-state index is 0.250. The van der Waals surface area contributed by atoms with Gasteiger partial charge in [-0.15, -0.1) is 0 Å². The Kier molecular flexibility index (Phi) is 3.09. The quantitative estimate of drug-likeness (QED) is 0.635. The molecule has 0 aliphatic carbocycles. The number of rotatable bonds is 3. The van der Waals surface area contributed by atoms with Gasteiger partial charge in [-0.2, -0.15) is 0 Å². The van der Waals surface area contributed by atoms with E-state index < -0.39 is 0 Å². The van der Waals surface area contributed by atoms with Gasteiger partial charge >= 0.3 is 0 Å². The van der Waals surface area contributed by atoms with Crippen LogP contribution in [-0.2, 0) is 4.79 Å². The molecule has 1 aliphatic rings. The van der Waals surface area contributed by atoms with Gasteiger partial charge in [-0.1, -0.05) is 19.1 Å². The summed E-state index contributed by atoms with van der Waals surface area (Å²) in [7, 11) is 1.97. The SMILES string of the molecule is CCCC(=O)C1=CN(C)CC=C1. The van der Waals surface area contributed by atoms with Gasteiger partial charge in [0.25, 0.3) is 0 Å². The predicted molar refractivity (Wildman–Crippen MR) is 49.8 cm³/mol. The van der Waals surface area contributed by atoms with E-state index in [4.69, 9.17) is 0 Å². The van der Waals surface area contributed by atoms with Crippen LogP contribution in [-0.4, -0.2) is 24.3 Å². The third kappa shape index (κ3) is 2.22. The molecule has 0 spiro atoms. The fourth-order valence-electron chi connectivity index (χ4n) is 1.22. The zero-order valence-corrected chi connectivity index (χ0v) is 7.71. The molecule has 0 amide bonds. The Bertz CT molecular complexity index is 228. The van der Waals surface area contributed by atoms with Gasteiger partial charge in [-0.05, 0) is 6.42 Å². The van der Waals surface area contributed by atoms with Crippen LogP contribution in [0.5, 0.6) is 0 Å². The van der Waals surface area contributed by atoms with E-state index in [-0.39, 0.29) is 5.78 Å². The van der Waals surface area contributed by atoms with Crippen LogP contribution < -0.4 is 0 Å². The van der Waals surface area contributed by atoms with E-state index >= 15 is 0 Å². The van der Waals surface area contributed by atoms with E-state index in [9.17, 15) is 4.79 Å². The molecule has 0 fully saturated rings. The van der Waals surface area contributed by atoms with E-state index in [1.165, 1.54) is 0 Å². The summed E-state index contributed by atoms with van der Waals surface area (Å²) in [5, 5.41) is 0. The lowest BCUT2D eigenvalue weighted by Crippen LogP contribution is -2.16. The molecule has 0 bridgehead atoms. The van der Waals surface area contributed by atoms with Crippen molar-refractivity contribution in [1.82, 2.24) is 4.90 Å². The van der Waals surface area contributed by atoms with E-state index in [2.05, 4.69) is 0 Å². The topological polar surface area (TPSA) is 20.3 Å². The molecule has 66 valence electrons. The number of carbonyl (C=O) groups excluding carboxylic acids is 1. The maximum absolute atomic E-state index is 11.4. The maximum atomic E-state index is 11.4. The van der Waals surface area contributed by atoms with Crippen molar-refractivity contribution < 1.29 is 4.79 Å². The molecule has 0 saturated carbocycles. The molecule has 12 heavy (non-hydrogen) atoms. The first-order valence-corrected chi connectivity index (χ1v) is 4.36. The molecule has 0 aromatic rings. The summed E-state index contributed by atoms with van der Waals surface area (Å²) in [5.41, 5.74) is 0.839. The minimum Gasteiger partial charge on any atom is -0.376 e. The third-order valence-corrected chi connectivity index (χ3v) is 1.85. The summed E-state index contributed by atoms with van der Waals surface area (Å²) < 4.78 is 0. The monoisotopic (exact) mass is 165 g/mol. The Labute approximate surface area is 73.6 Å². The molecular weight excluding hydrogens is 150 g/mol. The molecule has 1 aliphatic heterocycles. The van der Waals surface area contributed by atoms with E-state index in [0.29, 0.717) is 6.42 Å². The Morgan fingerprint density at radius 2 is 2.42 bits per heavy atom. The molecule has 1 heterocycles. The van der Waals surface area contributed by atoms with Gasteiger partial charge in [0.05, 0.1) is 0 Å². The highest BCUT2D eigenvalue weighted by molar-refractivity contribution is 5.97. The summed E-state index contributed by atoms with van der Waals surface area (Å²) in [6.07, 6.45) is 7.43. The highest BCUT2D eigenvalue weighted by Gasteiger charge is 2.08. The Hall–Kier alpha value is -1.05. The van der Waals surface area contributed by atoms with Crippen molar-refractivity contribution in [3.8, 4) is 0 Å². The Balaban J connectivity index is 2.61. The molecule has 0 atom stereocenters. The van der Waals surface area contributed by atoms with Crippen LogP contribution >= 0.6 is 0 Å². The molecule has 2 heteroatoms.